The first-order chi connectivity index (χ1) is 59.4. The van der Waals surface area contributed by atoms with Crippen LogP contribution in [0.4, 0.5) is 11.6 Å². The molecule has 124 heavy (non-hydrogen) atoms. The molecule has 2 aliphatic heterocycles. The lowest BCUT2D eigenvalue weighted by atomic mass is 9.78. The van der Waals surface area contributed by atoms with Crippen molar-refractivity contribution in [3.05, 3.63) is 212 Å². The fourth-order valence-corrected chi connectivity index (χ4v) is 22.2. The average Bonchev–Trinajstić information content (AvgIpc) is 0.673. The minimum absolute atomic E-state index is 0.0434. The van der Waals surface area contributed by atoms with Gasteiger partial charge in [-0.15, -0.1) is 0 Å². The Hall–Kier alpha value is -10.8. The van der Waals surface area contributed by atoms with E-state index < -0.39 is 77.0 Å². The highest BCUT2D eigenvalue weighted by Crippen LogP contribution is 2.59. The van der Waals surface area contributed by atoms with E-state index in [4.69, 9.17) is 55.5 Å². The Kier molecular flexibility index (Phi) is 25.3. The molecule has 2 atom stereocenters. The third-order valence-corrected chi connectivity index (χ3v) is 31.6. The molecule has 4 aliphatic rings. The van der Waals surface area contributed by atoms with Gasteiger partial charge in [0.2, 0.25) is 0 Å². The number of pyridine rings is 2. The molecular weight excluding hydrogens is 1600 g/mol. The number of imide groups is 2. The number of aromatic nitrogens is 2. The highest BCUT2D eigenvalue weighted by atomic mass is 28.4. The number of ether oxygens (including phenoxy) is 4. The summed E-state index contributed by atoms with van der Waals surface area (Å²) in [5, 5.41) is 2.36. The van der Waals surface area contributed by atoms with Crippen molar-refractivity contribution in [1.29, 1.82) is 0 Å². The number of nitrogens with zero attached hydrogens (tertiary/aromatic N) is 6. The predicted molar refractivity (Wildman–Crippen MR) is 487 cm³/mol. The van der Waals surface area contributed by atoms with Gasteiger partial charge in [0.05, 0.1) is 22.3 Å². The molecule has 2 aromatic heterocycles. The van der Waals surface area contributed by atoms with Crippen LogP contribution in [0.5, 0.6) is 46.0 Å². The van der Waals surface area contributed by atoms with Crippen LogP contribution in [0.2, 0.25) is 0 Å². The minimum atomic E-state index is -3.23. The van der Waals surface area contributed by atoms with Crippen molar-refractivity contribution in [3.63, 3.8) is 0 Å². The standard InChI is InChI=1S/C100H114N6O16Si2/c1-55(2)67-31-35-75(59(9)43-67)119-79-49-71-85-72(96(108)105(95(71)107)93(65-27-23-21-24-28-65)99(111)103(13)83-47-63(39-41-101-83)53-123(113-15,114-16)115-17)51-81(121-77-37-33-69(57(5)6)45-61(77)11)89-90-82(122-78-38-34-70(58(7)8)46-62(78)12)52-74-86-73(50-80(88(92(86)90)87(79)91(85)89)120-76-36-32-68(56(3)4)44-60(76)10)97(109)106(98(74)110)94(66-29-25-22-26-30-66)100(112)104(14)84-48-64(40-42-102-84)54-124(116-18,117-19)118-20/h31-52,55-58,65-66,93-94H,21-30,53-54H2,1-20H3. The number of carbonyl (C=O) groups is 6. The second kappa shape index (κ2) is 35.7. The quantitative estimate of drug-likeness (QED) is 0.0176. The summed E-state index contributed by atoms with van der Waals surface area (Å²) in [5.74, 6) is -1.84. The SMILES string of the molecule is CO[Si](Cc1ccnc(N(C)C(=O)C(C2CCCCC2)N2C(=O)c3cc(Oc4ccc(C(C)C)cc4C)c4c5c(Oc6ccc(C(C)C)cc6C)cc6c7c(cc(Oc8ccc(C(C)C)cc8C)c(c8c(Oc9ccc(C(C)C)cc9C)cc(c3c48)C2=O)c75)C(=O)N(C(C(=O)N(C)c2cc(C[Si](OC)(OC)OC)ccn2)C2CCCCC2)C6=O)c1)(OC)OC. The van der Waals surface area contributed by atoms with Crippen LogP contribution in [0.3, 0.4) is 0 Å². The summed E-state index contributed by atoms with van der Waals surface area (Å²) in [4.78, 5) is 117. The molecular formula is C100H114N6O16Si2. The van der Waals surface area contributed by atoms with Crippen molar-refractivity contribution in [2.45, 2.75) is 195 Å². The molecule has 648 valence electrons. The van der Waals surface area contributed by atoms with Crippen LogP contribution < -0.4 is 28.7 Å². The van der Waals surface area contributed by atoms with E-state index in [9.17, 15) is 0 Å². The van der Waals surface area contributed by atoms with E-state index in [-0.39, 0.29) is 103 Å². The summed E-state index contributed by atoms with van der Waals surface area (Å²) in [7, 11) is 6.01. The van der Waals surface area contributed by atoms with E-state index >= 15 is 28.8 Å². The van der Waals surface area contributed by atoms with Crippen LogP contribution >= 0.6 is 0 Å². The fourth-order valence-electron chi connectivity index (χ4n) is 18.9. The van der Waals surface area contributed by atoms with Gasteiger partial charge in [0.15, 0.2) is 0 Å². The Morgan fingerprint density at radius 1 is 0.355 bits per heavy atom. The van der Waals surface area contributed by atoms with Gasteiger partial charge in [-0.2, -0.15) is 0 Å². The third kappa shape index (κ3) is 16.1. The topological polar surface area (TPSA) is 233 Å². The molecule has 0 bridgehead atoms. The lowest BCUT2D eigenvalue weighted by molar-refractivity contribution is -0.125. The van der Waals surface area contributed by atoms with Crippen molar-refractivity contribution >= 4 is 108 Å². The fraction of sp³-hybridized carbons (Fsp3) is 0.400. The van der Waals surface area contributed by atoms with Crippen LogP contribution in [-0.4, -0.2) is 142 Å². The molecule has 2 aliphatic carbocycles. The highest BCUT2D eigenvalue weighted by Gasteiger charge is 2.51. The zero-order valence-corrected chi connectivity index (χ0v) is 77.0. The van der Waals surface area contributed by atoms with E-state index in [1.165, 1.54) is 62.3 Å². The zero-order chi connectivity index (χ0) is 88.4. The summed E-state index contributed by atoms with van der Waals surface area (Å²) in [6.45, 7) is 24.8. The summed E-state index contributed by atoms with van der Waals surface area (Å²) >= 11 is 0. The minimum Gasteiger partial charge on any atom is -0.456 e. The molecule has 6 amide bonds. The Labute approximate surface area is 728 Å². The van der Waals surface area contributed by atoms with Crippen molar-refractivity contribution in [2.24, 2.45) is 11.8 Å². The molecule has 2 unspecified atom stereocenters. The number of benzene rings is 9. The molecule has 0 spiro atoms. The predicted octanol–water partition coefficient (Wildman–Crippen LogP) is 21.8. The summed E-state index contributed by atoms with van der Waals surface area (Å²) in [6, 6.07) is 35.7. The van der Waals surface area contributed by atoms with Crippen LogP contribution in [0, 0.1) is 39.5 Å². The average molecular weight is 1710 g/mol. The monoisotopic (exact) mass is 1710 g/mol. The van der Waals surface area contributed by atoms with E-state index in [0.29, 0.717) is 81.0 Å². The van der Waals surface area contributed by atoms with Gasteiger partial charge in [0, 0.05) is 124 Å². The van der Waals surface area contributed by atoms with Gasteiger partial charge >= 0.3 is 17.6 Å². The molecule has 2 fully saturated rings. The maximum Gasteiger partial charge on any atom is 0.504 e. The lowest BCUT2D eigenvalue weighted by Gasteiger charge is -2.41. The number of hydrogen-bond donors (Lipinski definition) is 0. The molecule has 0 saturated heterocycles. The Morgan fingerprint density at radius 2 is 0.613 bits per heavy atom. The molecule has 24 heteroatoms. The molecule has 4 heterocycles. The van der Waals surface area contributed by atoms with Crippen LogP contribution in [0.15, 0.2) is 134 Å². The molecule has 9 aromatic carbocycles. The van der Waals surface area contributed by atoms with Gasteiger partial charge in [-0.25, -0.2) is 9.97 Å². The smallest absolute Gasteiger partial charge is 0.456 e. The van der Waals surface area contributed by atoms with Gasteiger partial charge in [-0.1, -0.05) is 142 Å². The van der Waals surface area contributed by atoms with Crippen molar-refractivity contribution in [3.8, 4) is 46.0 Å². The Bertz CT molecular complexity index is 5400. The summed E-state index contributed by atoms with van der Waals surface area (Å²) < 4.78 is 65.8. The van der Waals surface area contributed by atoms with E-state index in [1.54, 1.807) is 62.9 Å². The molecule has 22 nitrogen and oxygen atoms in total. The largest absolute Gasteiger partial charge is 0.504 e. The number of fused-ring (bicyclic) bond motifs is 2. The zero-order valence-electron chi connectivity index (χ0n) is 75.0. The van der Waals surface area contributed by atoms with Crippen LogP contribution in [0.1, 0.15) is 240 Å². The first kappa shape index (κ1) is 88.1. The second-order valence-corrected chi connectivity index (χ2v) is 41.1. The van der Waals surface area contributed by atoms with E-state index in [0.717, 1.165) is 94.2 Å². The summed E-state index contributed by atoms with van der Waals surface area (Å²) in [6.07, 6.45) is 10.1. The Balaban J connectivity index is 1.07. The molecule has 15 rings (SSSR count). The van der Waals surface area contributed by atoms with E-state index in [2.05, 4.69) is 79.7 Å². The number of hydrogen-bond acceptors (Lipinski definition) is 18. The number of likely N-dealkylation sites (N-methyl/N-ethyl adjacent to an activating group) is 2. The van der Waals surface area contributed by atoms with Crippen molar-refractivity contribution in [1.82, 2.24) is 19.8 Å². The number of aryl methyl sites for hydroxylation is 4. The van der Waals surface area contributed by atoms with Crippen LogP contribution in [0.25, 0.3) is 43.1 Å². The lowest BCUT2D eigenvalue weighted by Crippen LogP contribution is -2.57. The van der Waals surface area contributed by atoms with Crippen molar-refractivity contribution < 1.29 is 74.3 Å². The van der Waals surface area contributed by atoms with Gasteiger partial charge in [-0.3, -0.25) is 48.4 Å². The van der Waals surface area contributed by atoms with Gasteiger partial charge < -0.3 is 45.5 Å². The normalized spacial score (nSPS) is 15.5. The van der Waals surface area contributed by atoms with Gasteiger partial charge in [0.1, 0.15) is 69.7 Å². The second-order valence-electron chi connectivity index (χ2n) is 35.2. The molecule has 0 radical (unpaired) electrons. The molecule has 0 N–H and O–H groups in total. The maximum absolute atomic E-state index is 17.3. The number of rotatable bonds is 30. The van der Waals surface area contributed by atoms with Crippen LogP contribution in [-0.2, 0) is 48.2 Å². The number of amides is 6. The Morgan fingerprint density at radius 3 is 0.847 bits per heavy atom. The van der Waals surface area contributed by atoms with Gasteiger partial charge in [-0.05, 0) is 217 Å². The van der Waals surface area contributed by atoms with Gasteiger partial charge in [0.25, 0.3) is 35.4 Å². The summed E-state index contributed by atoms with van der Waals surface area (Å²) in [5.41, 5.74) is 8.85. The highest BCUT2D eigenvalue weighted by molar-refractivity contribution is 6.60. The molecule has 2 saturated carbocycles. The molecule has 11 aromatic rings. The van der Waals surface area contributed by atoms with Crippen molar-refractivity contribution in [2.75, 3.05) is 66.6 Å². The van der Waals surface area contributed by atoms with E-state index in [1.807, 2.05) is 88.4 Å². The first-order valence-electron chi connectivity index (χ1n) is 43.4. The number of carbonyl (C=O) groups excluding carboxylic acids is 6. The third-order valence-electron chi connectivity index (χ3n) is 26.2. The maximum atomic E-state index is 17.3. The first-order valence-corrected chi connectivity index (χ1v) is 47.3. The number of anilines is 2.